The Labute approximate surface area is 109 Å². The second-order valence-corrected chi connectivity index (χ2v) is 6.06. The number of nitrogens with one attached hydrogen (secondary N) is 1. The van der Waals surface area contributed by atoms with Crippen molar-refractivity contribution in [2.45, 2.75) is 51.6 Å². The molecule has 1 aliphatic heterocycles. The van der Waals surface area contributed by atoms with Crippen molar-refractivity contribution in [3.05, 3.63) is 0 Å². The highest BCUT2D eigenvalue weighted by Gasteiger charge is 2.34. The molecule has 1 saturated carbocycles. The van der Waals surface area contributed by atoms with Crippen LogP contribution in [0.15, 0.2) is 0 Å². The molecule has 1 atom stereocenters. The zero-order chi connectivity index (χ0) is 13.0. The molecule has 104 valence electrons. The highest BCUT2D eigenvalue weighted by atomic mass is 19.1. The standard InChI is InChI=1S/C14H25FN2O/c1-14(6-3-2-4-7-14)13(18)16-8-10-17-9-5-12(15)11-17/h12H,2-11H2,1H3,(H,16,18)/t12-/m1/s1. The first-order valence-corrected chi connectivity index (χ1v) is 7.25. The van der Waals surface area contributed by atoms with Gasteiger partial charge in [0.1, 0.15) is 6.17 Å². The second-order valence-electron chi connectivity index (χ2n) is 6.06. The number of hydrogen-bond acceptors (Lipinski definition) is 2. The summed E-state index contributed by atoms with van der Waals surface area (Å²) in [4.78, 5) is 14.2. The molecule has 0 unspecified atom stereocenters. The number of likely N-dealkylation sites (tertiary alicyclic amines) is 1. The quantitative estimate of drug-likeness (QED) is 0.835. The molecule has 1 amide bonds. The minimum atomic E-state index is -0.670. The lowest BCUT2D eigenvalue weighted by Gasteiger charge is -2.32. The molecule has 18 heavy (non-hydrogen) atoms. The molecule has 1 N–H and O–H groups in total. The molecule has 0 radical (unpaired) electrons. The summed E-state index contributed by atoms with van der Waals surface area (Å²) >= 11 is 0. The highest BCUT2D eigenvalue weighted by Crippen LogP contribution is 2.35. The lowest BCUT2D eigenvalue weighted by molar-refractivity contribution is -0.131. The number of hydrogen-bond donors (Lipinski definition) is 1. The Bertz CT molecular complexity index is 290. The third kappa shape index (κ3) is 3.44. The van der Waals surface area contributed by atoms with E-state index in [9.17, 15) is 9.18 Å². The Morgan fingerprint density at radius 2 is 2.11 bits per heavy atom. The minimum absolute atomic E-state index is 0.161. The molecule has 1 heterocycles. The van der Waals surface area contributed by atoms with Crippen molar-refractivity contribution in [1.82, 2.24) is 10.2 Å². The normalized spacial score (nSPS) is 28.2. The number of rotatable bonds is 4. The van der Waals surface area contributed by atoms with Crippen molar-refractivity contribution in [3.8, 4) is 0 Å². The van der Waals surface area contributed by atoms with Crippen molar-refractivity contribution < 1.29 is 9.18 Å². The van der Waals surface area contributed by atoms with E-state index in [1.165, 1.54) is 19.3 Å². The Morgan fingerprint density at radius 3 is 2.72 bits per heavy atom. The fourth-order valence-corrected chi connectivity index (χ4v) is 3.09. The van der Waals surface area contributed by atoms with Gasteiger partial charge in [0, 0.05) is 31.6 Å². The topological polar surface area (TPSA) is 32.3 Å². The summed E-state index contributed by atoms with van der Waals surface area (Å²) in [7, 11) is 0. The van der Waals surface area contributed by atoms with Crippen molar-refractivity contribution in [2.75, 3.05) is 26.2 Å². The van der Waals surface area contributed by atoms with Gasteiger partial charge in [-0.05, 0) is 19.3 Å². The van der Waals surface area contributed by atoms with Crippen LogP contribution in [0.4, 0.5) is 4.39 Å². The van der Waals surface area contributed by atoms with Crippen LogP contribution in [0.1, 0.15) is 45.4 Å². The molecule has 0 bridgehead atoms. The summed E-state index contributed by atoms with van der Waals surface area (Å²) in [6.45, 7) is 4.87. The number of carbonyl (C=O) groups excluding carboxylic acids is 1. The number of halogens is 1. The van der Waals surface area contributed by atoms with Crippen LogP contribution in [0, 0.1) is 5.41 Å². The Hall–Kier alpha value is -0.640. The summed E-state index contributed by atoms with van der Waals surface area (Å²) in [5.41, 5.74) is -0.161. The number of alkyl halides is 1. The largest absolute Gasteiger partial charge is 0.354 e. The Kier molecular flexibility index (Phi) is 4.60. The molecule has 1 saturated heterocycles. The van der Waals surface area contributed by atoms with E-state index >= 15 is 0 Å². The van der Waals surface area contributed by atoms with Crippen LogP contribution < -0.4 is 5.32 Å². The molecule has 0 aromatic heterocycles. The monoisotopic (exact) mass is 256 g/mol. The average molecular weight is 256 g/mol. The number of amides is 1. The van der Waals surface area contributed by atoms with Gasteiger partial charge in [0.25, 0.3) is 0 Å². The Balaban J connectivity index is 1.68. The summed E-state index contributed by atoms with van der Waals surface area (Å²) < 4.78 is 13.0. The molecule has 1 aliphatic carbocycles. The number of carbonyl (C=O) groups is 1. The third-order valence-corrected chi connectivity index (χ3v) is 4.43. The van der Waals surface area contributed by atoms with E-state index in [0.717, 1.165) is 25.9 Å². The number of nitrogens with zero attached hydrogens (tertiary/aromatic N) is 1. The van der Waals surface area contributed by atoms with Crippen molar-refractivity contribution in [3.63, 3.8) is 0 Å². The van der Waals surface area contributed by atoms with Crippen LogP contribution in [-0.4, -0.2) is 43.2 Å². The molecule has 3 nitrogen and oxygen atoms in total. The minimum Gasteiger partial charge on any atom is -0.354 e. The zero-order valence-corrected chi connectivity index (χ0v) is 11.4. The molecule has 4 heteroatoms. The van der Waals surface area contributed by atoms with Crippen LogP contribution in [0.5, 0.6) is 0 Å². The maximum atomic E-state index is 13.0. The van der Waals surface area contributed by atoms with Gasteiger partial charge in [0.05, 0.1) is 0 Å². The Morgan fingerprint density at radius 1 is 1.39 bits per heavy atom. The van der Waals surface area contributed by atoms with E-state index in [4.69, 9.17) is 0 Å². The van der Waals surface area contributed by atoms with Crippen LogP contribution in [0.3, 0.4) is 0 Å². The summed E-state index contributed by atoms with van der Waals surface area (Å²) in [6.07, 6.45) is 5.58. The SMILES string of the molecule is CC1(C(=O)NCCN2CC[C@@H](F)C2)CCCCC1. The van der Waals surface area contributed by atoms with E-state index in [2.05, 4.69) is 17.1 Å². The maximum Gasteiger partial charge on any atom is 0.225 e. The fourth-order valence-electron chi connectivity index (χ4n) is 3.09. The van der Waals surface area contributed by atoms with Gasteiger partial charge in [-0.1, -0.05) is 26.2 Å². The summed E-state index contributed by atoms with van der Waals surface area (Å²) in [5.74, 6) is 0.193. The predicted molar refractivity (Wildman–Crippen MR) is 70.2 cm³/mol. The lowest BCUT2D eigenvalue weighted by Crippen LogP contribution is -2.43. The van der Waals surface area contributed by atoms with E-state index < -0.39 is 6.17 Å². The van der Waals surface area contributed by atoms with Gasteiger partial charge in [-0.15, -0.1) is 0 Å². The van der Waals surface area contributed by atoms with Crippen molar-refractivity contribution in [1.29, 1.82) is 0 Å². The molecule has 2 aliphatic rings. The van der Waals surface area contributed by atoms with E-state index in [1.807, 2.05) is 0 Å². The molecule has 0 aromatic carbocycles. The van der Waals surface area contributed by atoms with Crippen LogP contribution in [-0.2, 0) is 4.79 Å². The first kappa shape index (κ1) is 13.8. The van der Waals surface area contributed by atoms with Gasteiger partial charge in [-0.3, -0.25) is 9.69 Å². The molecule has 0 aromatic rings. The van der Waals surface area contributed by atoms with E-state index in [1.54, 1.807) is 0 Å². The first-order valence-electron chi connectivity index (χ1n) is 7.25. The molecule has 2 rings (SSSR count). The fraction of sp³-hybridized carbons (Fsp3) is 0.929. The zero-order valence-electron chi connectivity index (χ0n) is 11.4. The van der Waals surface area contributed by atoms with E-state index in [-0.39, 0.29) is 11.3 Å². The van der Waals surface area contributed by atoms with Crippen LogP contribution >= 0.6 is 0 Å². The molecule has 2 fully saturated rings. The van der Waals surface area contributed by atoms with Crippen molar-refractivity contribution >= 4 is 5.91 Å². The average Bonchev–Trinajstić information content (AvgIpc) is 2.76. The predicted octanol–water partition coefficient (Wildman–Crippen LogP) is 2.12. The van der Waals surface area contributed by atoms with Gasteiger partial charge in [0.15, 0.2) is 0 Å². The van der Waals surface area contributed by atoms with Crippen LogP contribution in [0.2, 0.25) is 0 Å². The lowest BCUT2D eigenvalue weighted by atomic mass is 9.75. The molecule has 0 spiro atoms. The van der Waals surface area contributed by atoms with Gasteiger partial charge in [0.2, 0.25) is 5.91 Å². The smallest absolute Gasteiger partial charge is 0.225 e. The second kappa shape index (κ2) is 6.00. The molecular formula is C14H25FN2O. The molecular weight excluding hydrogens is 231 g/mol. The van der Waals surface area contributed by atoms with Gasteiger partial charge in [-0.2, -0.15) is 0 Å². The van der Waals surface area contributed by atoms with Gasteiger partial charge >= 0.3 is 0 Å². The summed E-state index contributed by atoms with van der Waals surface area (Å²) in [6, 6.07) is 0. The van der Waals surface area contributed by atoms with Gasteiger partial charge in [-0.25, -0.2) is 4.39 Å². The van der Waals surface area contributed by atoms with Gasteiger partial charge < -0.3 is 5.32 Å². The van der Waals surface area contributed by atoms with Crippen molar-refractivity contribution in [2.24, 2.45) is 5.41 Å². The van der Waals surface area contributed by atoms with Crippen LogP contribution in [0.25, 0.3) is 0 Å². The first-order chi connectivity index (χ1) is 8.60. The third-order valence-electron chi connectivity index (χ3n) is 4.43. The summed E-state index contributed by atoms with van der Waals surface area (Å²) in [5, 5.41) is 3.03. The maximum absolute atomic E-state index is 13.0. The highest BCUT2D eigenvalue weighted by molar-refractivity contribution is 5.82. The van der Waals surface area contributed by atoms with E-state index in [0.29, 0.717) is 19.5 Å².